The van der Waals surface area contributed by atoms with E-state index in [-0.39, 0.29) is 18.5 Å². The van der Waals surface area contributed by atoms with Crippen LogP contribution in [0.3, 0.4) is 0 Å². The van der Waals surface area contributed by atoms with Crippen LogP contribution in [0.1, 0.15) is 316 Å². The molecule has 0 saturated heterocycles. The number of rotatable bonds is 56. The number of hydrogen-bond donors (Lipinski definition) is 3. The van der Waals surface area contributed by atoms with Gasteiger partial charge in [0, 0.05) is 12.8 Å². The number of allylic oxidation sites excluding steroid dienone is 7. The van der Waals surface area contributed by atoms with Gasteiger partial charge >= 0.3 is 5.97 Å². The predicted octanol–water partition coefficient (Wildman–Crippen LogP) is 19.0. The molecule has 0 fully saturated rings. The van der Waals surface area contributed by atoms with Gasteiger partial charge in [-0.3, -0.25) is 9.59 Å². The number of esters is 1. The zero-order chi connectivity index (χ0) is 50.0. The van der Waals surface area contributed by atoms with Crippen LogP contribution in [-0.2, 0) is 14.3 Å². The van der Waals surface area contributed by atoms with Gasteiger partial charge in [-0.05, 0) is 89.9 Å². The molecular formula is C63H117NO5. The lowest BCUT2D eigenvalue weighted by atomic mass is 10.0. The SMILES string of the molecule is CCCCCC/C=C\C/C=C\CCCCCCCC(=O)OCCCCCCCC/C=C\CCCCCCCCCC(=O)NC(CO)C(O)/C=C/CCCCCCCCCCCCCCCCCCC. The minimum absolute atomic E-state index is 0.0164. The number of aliphatic hydroxyl groups excluding tert-OH is 2. The highest BCUT2D eigenvalue weighted by Crippen LogP contribution is 2.16. The maximum Gasteiger partial charge on any atom is 0.305 e. The van der Waals surface area contributed by atoms with Crippen molar-refractivity contribution in [3.8, 4) is 0 Å². The van der Waals surface area contributed by atoms with Gasteiger partial charge in [0.05, 0.1) is 25.4 Å². The van der Waals surface area contributed by atoms with Crippen LogP contribution in [0.25, 0.3) is 0 Å². The molecule has 0 radical (unpaired) electrons. The Morgan fingerprint density at radius 3 is 1.13 bits per heavy atom. The summed E-state index contributed by atoms with van der Waals surface area (Å²) in [6.07, 6.45) is 74.2. The molecule has 0 aliphatic heterocycles. The van der Waals surface area contributed by atoms with Gasteiger partial charge in [-0.2, -0.15) is 0 Å². The second-order valence-electron chi connectivity index (χ2n) is 20.7. The molecule has 0 aromatic rings. The number of aliphatic hydroxyl groups is 2. The Kier molecular flexibility index (Phi) is 56.5. The largest absolute Gasteiger partial charge is 0.466 e. The van der Waals surface area contributed by atoms with Crippen molar-refractivity contribution < 1.29 is 24.5 Å². The van der Waals surface area contributed by atoms with E-state index in [1.807, 2.05) is 6.08 Å². The Labute approximate surface area is 429 Å². The molecule has 69 heavy (non-hydrogen) atoms. The van der Waals surface area contributed by atoms with Crippen LogP contribution >= 0.6 is 0 Å². The highest BCUT2D eigenvalue weighted by molar-refractivity contribution is 5.76. The van der Waals surface area contributed by atoms with Gasteiger partial charge in [0.1, 0.15) is 0 Å². The summed E-state index contributed by atoms with van der Waals surface area (Å²) in [7, 11) is 0. The molecule has 2 unspecified atom stereocenters. The molecule has 2 atom stereocenters. The van der Waals surface area contributed by atoms with Gasteiger partial charge in [-0.25, -0.2) is 0 Å². The second-order valence-corrected chi connectivity index (χ2v) is 20.7. The Morgan fingerprint density at radius 2 is 0.725 bits per heavy atom. The third kappa shape index (κ3) is 55.0. The van der Waals surface area contributed by atoms with E-state index < -0.39 is 12.1 Å². The summed E-state index contributed by atoms with van der Waals surface area (Å²) in [6, 6.07) is -0.639. The molecule has 404 valence electrons. The van der Waals surface area contributed by atoms with Crippen molar-refractivity contribution in [2.45, 2.75) is 328 Å². The van der Waals surface area contributed by atoms with E-state index in [0.29, 0.717) is 19.4 Å². The molecule has 0 heterocycles. The minimum Gasteiger partial charge on any atom is -0.466 e. The van der Waals surface area contributed by atoms with Crippen molar-refractivity contribution in [1.29, 1.82) is 0 Å². The molecule has 0 aromatic heterocycles. The number of unbranched alkanes of at least 4 members (excludes halogenated alkanes) is 39. The topological polar surface area (TPSA) is 95.9 Å². The van der Waals surface area contributed by atoms with Crippen LogP contribution in [-0.4, -0.2) is 47.4 Å². The molecule has 1 amide bonds. The Bertz CT molecular complexity index is 1160. The summed E-state index contributed by atoms with van der Waals surface area (Å²) in [5, 5.41) is 23.2. The maximum absolute atomic E-state index is 12.5. The molecule has 6 nitrogen and oxygen atoms in total. The van der Waals surface area contributed by atoms with Crippen molar-refractivity contribution >= 4 is 11.9 Å². The van der Waals surface area contributed by atoms with E-state index in [4.69, 9.17) is 4.74 Å². The predicted molar refractivity (Wildman–Crippen MR) is 301 cm³/mol. The molecule has 0 bridgehead atoms. The fourth-order valence-corrected chi connectivity index (χ4v) is 9.13. The first kappa shape index (κ1) is 66.8. The van der Waals surface area contributed by atoms with Crippen LogP contribution in [0.2, 0.25) is 0 Å². The van der Waals surface area contributed by atoms with E-state index in [1.54, 1.807) is 6.08 Å². The van der Waals surface area contributed by atoms with Gasteiger partial charge in [-0.1, -0.05) is 262 Å². The van der Waals surface area contributed by atoms with Crippen molar-refractivity contribution in [2.75, 3.05) is 13.2 Å². The number of hydrogen-bond acceptors (Lipinski definition) is 5. The minimum atomic E-state index is -0.854. The average Bonchev–Trinajstić information content (AvgIpc) is 3.35. The Morgan fingerprint density at radius 1 is 0.406 bits per heavy atom. The number of amides is 1. The summed E-state index contributed by atoms with van der Waals surface area (Å²) in [6.45, 7) is 4.87. The molecule has 6 heteroatoms. The summed E-state index contributed by atoms with van der Waals surface area (Å²) in [4.78, 5) is 24.5. The molecular weight excluding hydrogens is 851 g/mol. The van der Waals surface area contributed by atoms with Crippen LogP contribution < -0.4 is 5.32 Å². The lowest BCUT2D eigenvalue weighted by Crippen LogP contribution is -2.45. The quantitative estimate of drug-likeness (QED) is 0.0321. The van der Waals surface area contributed by atoms with Crippen LogP contribution in [0.5, 0.6) is 0 Å². The normalized spacial score (nSPS) is 12.9. The van der Waals surface area contributed by atoms with Crippen molar-refractivity contribution in [3.05, 3.63) is 48.6 Å². The standard InChI is InChI=1S/C63H117NO5/c1-3-5-7-9-11-13-15-17-19-21-22-24-27-31-35-39-43-47-51-55-61(66)60(59-65)64-62(67)56-52-48-44-40-36-32-28-25-23-26-30-34-38-42-46-50-54-58-69-63(68)57-53-49-45-41-37-33-29-20-18-16-14-12-10-8-6-4-2/h14,16,20,23,26,29,51,55,60-61,65-66H,3-13,15,17-19,21-22,24-25,27-28,30-50,52-54,56-59H2,1-2H3,(H,64,67)/b16-14-,26-23-,29-20-,55-51+. The third-order valence-electron chi connectivity index (χ3n) is 13.8. The van der Waals surface area contributed by atoms with E-state index in [1.165, 1.54) is 225 Å². The highest BCUT2D eigenvalue weighted by atomic mass is 16.5. The van der Waals surface area contributed by atoms with Crippen molar-refractivity contribution in [1.82, 2.24) is 5.32 Å². The fraction of sp³-hybridized carbons (Fsp3) is 0.841. The van der Waals surface area contributed by atoms with Gasteiger partial charge in [-0.15, -0.1) is 0 Å². The van der Waals surface area contributed by atoms with Crippen molar-refractivity contribution in [3.63, 3.8) is 0 Å². The lowest BCUT2D eigenvalue weighted by Gasteiger charge is -2.20. The zero-order valence-electron chi connectivity index (χ0n) is 46.0. The Balaban J connectivity index is 3.50. The molecule has 3 N–H and O–H groups in total. The monoisotopic (exact) mass is 968 g/mol. The van der Waals surface area contributed by atoms with Gasteiger partial charge < -0.3 is 20.3 Å². The van der Waals surface area contributed by atoms with E-state index in [9.17, 15) is 19.8 Å². The lowest BCUT2D eigenvalue weighted by molar-refractivity contribution is -0.143. The zero-order valence-corrected chi connectivity index (χ0v) is 46.0. The molecule has 0 aliphatic rings. The summed E-state index contributed by atoms with van der Waals surface area (Å²) < 4.78 is 5.47. The number of carbonyl (C=O) groups is 2. The first-order chi connectivity index (χ1) is 34.0. The highest BCUT2D eigenvalue weighted by Gasteiger charge is 2.18. The van der Waals surface area contributed by atoms with Gasteiger partial charge in [0.25, 0.3) is 0 Å². The number of ether oxygens (including phenoxy) is 1. The summed E-state index contributed by atoms with van der Waals surface area (Å²) in [5.41, 5.74) is 0. The molecule has 0 spiro atoms. The molecule has 0 rings (SSSR count). The number of nitrogens with one attached hydrogen (secondary N) is 1. The summed E-state index contributed by atoms with van der Waals surface area (Å²) >= 11 is 0. The fourth-order valence-electron chi connectivity index (χ4n) is 9.13. The first-order valence-electron chi connectivity index (χ1n) is 30.4. The average molecular weight is 969 g/mol. The van der Waals surface area contributed by atoms with E-state index in [2.05, 4.69) is 55.6 Å². The number of carbonyl (C=O) groups excluding carboxylic acids is 2. The Hall–Kier alpha value is -2.18. The molecule has 0 saturated carbocycles. The first-order valence-corrected chi connectivity index (χ1v) is 30.4. The summed E-state index contributed by atoms with van der Waals surface area (Å²) in [5.74, 6) is -0.0956. The second kappa shape index (κ2) is 58.4. The van der Waals surface area contributed by atoms with Crippen LogP contribution in [0, 0.1) is 0 Å². The van der Waals surface area contributed by atoms with Crippen LogP contribution in [0.4, 0.5) is 0 Å². The van der Waals surface area contributed by atoms with E-state index >= 15 is 0 Å². The van der Waals surface area contributed by atoms with Gasteiger partial charge in [0.15, 0.2) is 0 Å². The van der Waals surface area contributed by atoms with Crippen molar-refractivity contribution in [2.24, 2.45) is 0 Å². The third-order valence-corrected chi connectivity index (χ3v) is 13.8. The van der Waals surface area contributed by atoms with Crippen LogP contribution in [0.15, 0.2) is 48.6 Å². The van der Waals surface area contributed by atoms with E-state index in [0.717, 1.165) is 64.2 Å². The molecule has 0 aliphatic carbocycles. The smallest absolute Gasteiger partial charge is 0.305 e. The maximum atomic E-state index is 12.5. The molecule has 0 aromatic carbocycles. The van der Waals surface area contributed by atoms with Gasteiger partial charge in [0.2, 0.25) is 5.91 Å².